The number of hydrogen-bond acceptors (Lipinski definition) is 3. The first-order valence-corrected chi connectivity index (χ1v) is 7.64. The minimum atomic E-state index is 0.787. The summed E-state index contributed by atoms with van der Waals surface area (Å²) in [5.74, 6) is 0. The Morgan fingerprint density at radius 2 is 1.75 bits per heavy atom. The van der Waals surface area contributed by atoms with E-state index in [2.05, 4.69) is 49.6 Å². The molecule has 3 heteroatoms. The molecule has 0 unspecified atom stereocenters. The quantitative estimate of drug-likeness (QED) is 0.727. The van der Waals surface area contributed by atoms with Crippen LogP contribution in [0.4, 0.5) is 5.69 Å². The molecule has 0 atom stereocenters. The molecule has 1 aromatic rings. The maximum absolute atomic E-state index is 9.29. The Morgan fingerprint density at radius 3 is 2.30 bits per heavy atom. The zero-order chi connectivity index (χ0) is 15.0. The Kier molecular flexibility index (Phi) is 7.11. The number of nitriles is 1. The van der Waals surface area contributed by atoms with Crippen molar-refractivity contribution < 1.29 is 0 Å². The summed E-state index contributed by atoms with van der Waals surface area (Å²) in [6.45, 7) is 13.9. The van der Waals surface area contributed by atoms with E-state index in [0.29, 0.717) is 0 Å². The van der Waals surface area contributed by atoms with E-state index >= 15 is 0 Å². The first kappa shape index (κ1) is 16.5. The van der Waals surface area contributed by atoms with Crippen molar-refractivity contribution in [2.24, 2.45) is 0 Å². The third-order valence-corrected chi connectivity index (χ3v) is 3.85. The van der Waals surface area contributed by atoms with Crippen LogP contribution in [0.5, 0.6) is 0 Å². The van der Waals surface area contributed by atoms with Gasteiger partial charge < -0.3 is 9.80 Å². The highest BCUT2D eigenvalue weighted by Gasteiger charge is 2.12. The molecule has 0 amide bonds. The second kappa shape index (κ2) is 8.60. The zero-order valence-corrected chi connectivity index (χ0v) is 13.3. The number of nitrogens with zero attached hydrogens (tertiary/aromatic N) is 3. The van der Waals surface area contributed by atoms with Crippen molar-refractivity contribution in [1.29, 1.82) is 5.26 Å². The maximum atomic E-state index is 9.29. The number of rotatable bonds is 8. The summed E-state index contributed by atoms with van der Waals surface area (Å²) in [5.41, 5.74) is 3.08. The molecule has 0 saturated carbocycles. The molecule has 1 aromatic carbocycles. The monoisotopic (exact) mass is 273 g/mol. The largest absolute Gasteiger partial charge is 0.370 e. The van der Waals surface area contributed by atoms with Crippen molar-refractivity contribution in [1.82, 2.24) is 4.90 Å². The molecule has 0 spiro atoms. The summed E-state index contributed by atoms with van der Waals surface area (Å²) in [6, 6.07) is 8.28. The van der Waals surface area contributed by atoms with E-state index in [1.54, 1.807) is 0 Å². The van der Waals surface area contributed by atoms with Crippen LogP contribution >= 0.6 is 0 Å². The van der Waals surface area contributed by atoms with Gasteiger partial charge in [-0.2, -0.15) is 5.26 Å². The Balaban J connectivity index is 2.75. The van der Waals surface area contributed by atoms with Crippen molar-refractivity contribution in [2.45, 2.75) is 34.1 Å². The van der Waals surface area contributed by atoms with Crippen LogP contribution in [-0.2, 0) is 0 Å². The van der Waals surface area contributed by atoms with Crippen molar-refractivity contribution in [3.63, 3.8) is 0 Å². The summed E-state index contributed by atoms with van der Waals surface area (Å²) >= 11 is 0. The number of hydrogen-bond donors (Lipinski definition) is 0. The zero-order valence-electron chi connectivity index (χ0n) is 13.3. The fourth-order valence-electron chi connectivity index (χ4n) is 2.62. The van der Waals surface area contributed by atoms with E-state index in [1.807, 2.05) is 12.1 Å². The Morgan fingerprint density at radius 1 is 1.05 bits per heavy atom. The maximum Gasteiger partial charge on any atom is 0.101 e. The van der Waals surface area contributed by atoms with Gasteiger partial charge in [-0.1, -0.05) is 26.0 Å². The van der Waals surface area contributed by atoms with E-state index in [0.717, 1.165) is 50.4 Å². The molecule has 0 fully saturated rings. The van der Waals surface area contributed by atoms with Crippen molar-refractivity contribution in [3.05, 3.63) is 29.3 Å². The Bertz CT molecular complexity index is 444. The Labute approximate surface area is 123 Å². The smallest absolute Gasteiger partial charge is 0.101 e. The van der Waals surface area contributed by atoms with Crippen molar-refractivity contribution in [3.8, 4) is 6.07 Å². The average molecular weight is 273 g/mol. The van der Waals surface area contributed by atoms with Gasteiger partial charge in [-0.25, -0.2) is 0 Å². The molecule has 0 aliphatic rings. The lowest BCUT2D eigenvalue weighted by atomic mass is 10.1. The van der Waals surface area contributed by atoms with Gasteiger partial charge in [-0.3, -0.25) is 0 Å². The highest BCUT2D eigenvalue weighted by molar-refractivity contribution is 5.63. The molecule has 0 aliphatic heterocycles. The SMILES string of the molecule is CCN(CC)CCCN(CC)c1c(C)cccc1C#N. The summed E-state index contributed by atoms with van der Waals surface area (Å²) in [5, 5.41) is 9.29. The molecule has 0 saturated heterocycles. The summed E-state index contributed by atoms with van der Waals surface area (Å²) < 4.78 is 0. The number of para-hydroxylation sites is 1. The van der Waals surface area contributed by atoms with E-state index < -0.39 is 0 Å². The average Bonchev–Trinajstić information content (AvgIpc) is 2.48. The standard InChI is InChI=1S/C17H27N3/c1-5-19(6-2)12-9-13-20(7-3)17-15(4)10-8-11-16(17)14-18/h8,10-11H,5-7,9,12-13H2,1-4H3. The van der Waals surface area contributed by atoms with Crippen LogP contribution in [-0.4, -0.2) is 37.6 Å². The molecule has 0 aromatic heterocycles. The predicted molar refractivity (Wildman–Crippen MR) is 86.2 cm³/mol. The van der Waals surface area contributed by atoms with E-state index in [9.17, 15) is 5.26 Å². The van der Waals surface area contributed by atoms with E-state index in [1.165, 1.54) is 5.56 Å². The second-order valence-electron chi connectivity index (χ2n) is 5.04. The van der Waals surface area contributed by atoms with Gasteiger partial charge in [0, 0.05) is 13.1 Å². The van der Waals surface area contributed by atoms with Gasteiger partial charge in [0.15, 0.2) is 0 Å². The molecular weight excluding hydrogens is 246 g/mol. The number of anilines is 1. The molecule has 0 N–H and O–H groups in total. The van der Waals surface area contributed by atoms with Gasteiger partial charge >= 0.3 is 0 Å². The molecule has 0 aliphatic carbocycles. The fraction of sp³-hybridized carbons (Fsp3) is 0.588. The van der Waals surface area contributed by atoms with Crippen LogP contribution in [0.3, 0.4) is 0 Å². The first-order valence-electron chi connectivity index (χ1n) is 7.64. The van der Waals surface area contributed by atoms with Crippen LogP contribution in [0.25, 0.3) is 0 Å². The molecule has 0 heterocycles. The van der Waals surface area contributed by atoms with Gasteiger partial charge in [0.05, 0.1) is 11.3 Å². The van der Waals surface area contributed by atoms with Crippen LogP contribution in [0.15, 0.2) is 18.2 Å². The van der Waals surface area contributed by atoms with Crippen LogP contribution < -0.4 is 4.90 Å². The highest BCUT2D eigenvalue weighted by atomic mass is 15.1. The third-order valence-electron chi connectivity index (χ3n) is 3.85. The lowest BCUT2D eigenvalue weighted by Gasteiger charge is -2.27. The second-order valence-corrected chi connectivity index (χ2v) is 5.04. The minimum absolute atomic E-state index is 0.787. The summed E-state index contributed by atoms with van der Waals surface area (Å²) in [7, 11) is 0. The molecule has 3 nitrogen and oxygen atoms in total. The van der Waals surface area contributed by atoms with E-state index in [-0.39, 0.29) is 0 Å². The van der Waals surface area contributed by atoms with Gasteiger partial charge in [-0.15, -0.1) is 0 Å². The van der Waals surface area contributed by atoms with Crippen LogP contribution in [0, 0.1) is 18.3 Å². The molecule has 110 valence electrons. The van der Waals surface area contributed by atoms with E-state index in [4.69, 9.17) is 0 Å². The molecule has 20 heavy (non-hydrogen) atoms. The van der Waals surface area contributed by atoms with Crippen molar-refractivity contribution >= 4 is 5.69 Å². The van der Waals surface area contributed by atoms with Gasteiger partial charge in [0.25, 0.3) is 0 Å². The number of aryl methyl sites for hydroxylation is 1. The topological polar surface area (TPSA) is 30.3 Å². The van der Waals surface area contributed by atoms with Crippen LogP contribution in [0.1, 0.15) is 38.3 Å². The van der Waals surface area contributed by atoms with Gasteiger partial charge in [0.1, 0.15) is 6.07 Å². The molecule has 0 bridgehead atoms. The van der Waals surface area contributed by atoms with Crippen LogP contribution in [0.2, 0.25) is 0 Å². The van der Waals surface area contributed by atoms with Gasteiger partial charge in [-0.05, 0) is 51.5 Å². The minimum Gasteiger partial charge on any atom is -0.370 e. The first-order chi connectivity index (χ1) is 9.67. The van der Waals surface area contributed by atoms with Gasteiger partial charge in [0.2, 0.25) is 0 Å². The Hall–Kier alpha value is -1.53. The summed E-state index contributed by atoms with van der Waals surface area (Å²) in [4.78, 5) is 4.77. The third kappa shape index (κ3) is 4.25. The predicted octanol–water partition coefficient (Wildman–Crippen LogP) is 3.42. The lowest BCUT2D eigenvalue weighted by Crippen LogP contribution is -2.30. The molecular formula is C17H27N3. The highest BCUT2D eigenvalue weighted by Crippen LogP contribution is 2.24. The lowest BCUT2D eigenvalue weighted by molar-refractivity contribution is 0.300. The fourth-order valence-corrected chi connectivity index (χ4v) is 2.62. The molecule has 1 rings (SSSR count). The normalized spacial score (nSPS) is 10.6. The number of benzene rings is 1. The van der Waals surface area contributed by atoms with Crippen molar-refractivity contribution in [2.75, 3.05) is 37.6 Å². The molecule has 0 radical (unpaired) electrons. The summed E-state index contributed by atoms with van der Waals surface area (Å²) in [6.07, 6.45) is 1.13.